The first-order chi connectivity index (χ1) is 16.5. The van der Waals surface area contributed by atoms with Crippen LogP contribution in [0, 0.1) is 5.92 Å². The zero-order valence-corrected chi connectivity index (χ0v) is 21.7. The van der Waals surface area contributed by atoms with Gasteiger partial charge in [-0.15, -0.1) is 0 Å². The molecule has 0 radical (unpaired) electrons. The van der Waals surface area contributed by atoms with E-state index >= 15 is 0 Å². The number of rotatable bonds is 10. The summed E-state index contributed by atoms with van der Waals surface area (Å²) in [7, 11) is -3.85. The number of carbonyl (C=O) groups excluding carboxylic acids is 2. The lowest BCUT2D eigenvalue weighted by atomic mass is 10.1. The molecule has 1 aliphatic heterocycles. The van der Waals surface area contributed by atoms with Crippen LogP contribution in [0.25, 0.3) is 0 Å². The number of carbonyl (C=O) groups is 2. The normalized spacial score (nSPS) is 13.4. The predicted octanol–water partition coefficient (Wildman–Crippen LogP) is 3.02. The molecule has 0 spiro atoms. The van der Waals surface area contributed by atoms with Gasteiger partial charge < -0.3 is 19.7 Å². The molecule has 1 aliphatic rings. The standard InChI is InChI=1S/C24H30ClN3O6S/c1-16(2)12-26-24(30)17(3)27(13-18-7-5-6-8-20(18)25)23(29)14-28(35(4,31)32)19-9-10-21-22(11-19)34-15-33-21/h5-11,16-17H,12-15H2,1-4H3,(H,26,30)/t17-/m1/s1. The number of ether oxygens (including phenoxy) is 2. The first kappa shape index (κ1) is 26.6. The first-order valence-electron chi connectivity index (χ1n) is 11.1. The van der Waals surface area contributed by atoms with Gasteiger partial charge in [0.25, 0.3) is 0 Å². The lowest BCUT2D eigenvalue weighted by Gasteiger charge is -2.31. The van der Waals surface area contributed by atoms with Crippen LogP contribution in [-0.2, 0) is 26.2 Å². The number of nitrogens with zero attached hydrogens (tertiary/aromatic N) is 2. The predicted molar refractivity (Wildman–Crippen MR) is 134 cm³/mol. The van der Waals surface area contributed by atoms with E-state index in [0.29, 0.717) is 28.6 Å². The molecule has 190 valence electrons. The SMILES string of the molecule is CC(C)CNC(=O)[C@@H](C)N(Cc1ccccc1Cl)C(=O)CN(c1ccc2c(c1)OCO2)S(C)(=O)=O. The minimum atomic E-state index is -3.85. The second-order valence-electron chi connectivity index (χ2n) is 8.74. The zero-order chi connectivity index (χ0) is 25.8. The topological polar surface area (TPSA) is 105 Å². The Morgan fingerprint density at radius 2 is 1.77 bits per heavy atom. The number of hydrogen-bond donors (Lipinski definition) is 1. The molecular formula is C24H30ClN3O6S. The Balaban J connectivity index is 1.90. The number of nitrogens with one attached hydrogen (secondary N) is 1. The average Bonchev–Trinajstić information content (AvgIpc) is 3.27. The third kappa shape index (κ3) is 6.79. The fourth-order valence-electron chi connectivity index (χ4n) is 3.50. The van der Waals surface area contributed by atoms with Gasteiger partial charge in [0.1, 0.15) is 12.6 Å². The van der Waals surface area contributed by atoms with Crippen molar-refractivity contribution in [1.29, 1.82) is 0 Å². The van der Waals surface area contributed by atoms with E-state index in [1.54, 1.807) is 43.3 Å². The largest absolute Gasteiger partial charge is 0.454 e. The van der Waals surface area contributed by atoms with Gasteiger partial charge in [-0.25, -0.2) is 8.42 Å². The van der Waals surface area contributed by atoms with Gasteiger partial charge in [-0.1, -0.05) is 43.6 Å². The van der Waals surface area contributed by atoms with Crippen molar-refractivity contribution in [2.45, 2.75) is 33.4 Å². The van der Waals surface area contributed by atoms with Crippen LogP contribution in [0.5, 0.6) is 11.5 Å². The molecule has 35 heavy (non-hydrogen) atoms. The fraction of sp³-hybridized carbons (Fsp3) is 0.417. The van der Waals surface area contributed by atoms with Gasteiger partial charge in [-0.2, -0.15) is 0 Å². The molecule has 2 amide bonds. The van der Waals surface area contributed by atoms with E-state index in [2.05, 4.69) is 5.32 Å². The number of benzene rings is 2. The van der Waals surface area contributed by atoms with Crippen LogP contribution >= 0.6 is 11.6 Å². The molecule has 0 bridgehead atoms. The summed E-state index contributed by atoms with van der Waals surface area (Å²) in [5, 5.41) is 3.27. The Kier molecular flexibility index (Phi) is 8.50. The van der Waals surface area contributed by atoms with Gasteiger partial charge >= 0.3 is 0 Å². The van der Waals surface area contributed by atoms with E-state index in [-0.39, 0.29) is 30.9 Å². The smallest absolute Gasteiger partial charge is 0.244 e. The highest BCUT2D eigenvalue weighted by atomic mass is 35.5. The summed E-state index contributed by atoms with van der Waals surface area (Å²) in [6, 6.07) is 10.8. The average molecular weight is 524 g/mol. The van der Waals surface area contributed by atoms with Crippen LogP contribution in [-0.4, -0.2) is 57.3 Å². The van der Waals surface area contributed by atoms with Crippen molar-refractivity contribution < 1.29 is 27.5 Å². The van der Waals surface area contributed by atoms with Crippen molar-refractivity contribution in [3.63, 3.8) is 0 Å². The highest BCUT2D eigenvalue weighted by Gasteiger charge is 2.31. The summed E-state index contributed by atoms with van der Waals surface area (Å²) >= 11 is 6.32. The van der Waals surface area contributed by atoms with E-state index in [1.807, 2.05) is 13.8 Å². The van der Waals surface area contributed by atoms with Gasteiger partial charge in [0.2, 0.25) is 28.6 Å². The number of anilines is 1. The van der Waals surface area contributed by atoms with Crippen LogP contribution in [0.2, 0.25) is 5.02 Å². The van der Waals surface area contributed by atoms with Gasteiger partial charge in [-0.05, 0) is 36.6 Å². The molecule has 1 atom stereocenters. The van der Waals surface area contributed by atoms with Crippen LogP contribution in [0.3, 0.4) is 0 Å². The zero-order valence-electron chi connectivity index (χ0n) is 20.2. The summed E-state index contributed by atoms with van der Waals surface area (Å²) in [6.45, 7) is 5.54. The third-order valence-corrected chi connectivity index (χ3v) is 6.98. The Hall–Kier alpha value is -2.98. The van der Waals surface area contributed by atoms with Gasteiger partial charge in [0.15, 0.2) is 11.5 Å². The molecule has 1 N–H and O–H groups in total. The highest BCUT2D eigenvalue weighted by Crippen LogP contribution is 2.36. The number of halogens is 1. The minimum absolute atomic E-state index is 0.0329. The summed E-state index contributed by atoms with van der Waals surface area (Å²) in [5.74, 6) is 0.209. The van der Waals surface area contributed by atoms with E-state index in [4.69, 9.17) is 21.1 Å². The second-order valence-corrected chi connectivity index (χ2v) is 11.0. The molecule has 0 saturated heterocycles. The maximum Gasteiger partial charge on any atom is 0.244 e. The molecule has 0 aliphatic carbocycles. The Morgan fingerprint density at radius 3 is 2.43 bits per heavy atom. The van der Waals surface area contributed by atoms with Gasteiger partial charge in [0.05, 0.1) is 11.9 Å². The molecule has 0 fully saturated rings. The molecule has 1 heterocycles. The lowest BCUT2D eigenvalue weighted by molar-refractivity contribution is -0.139. The van der Waals surface area contributed by atoms with E-state index < -0.39 is 28.5 Å². The number of amides is 2. The van der Waals surface area contributed by atoms with E-state index in [9.17, 15) is 18.0 Å². The number of hydrogen-bond acceptors (Lipinski definition) is 6. The van der Waals surface area contributed by atoms with Crippen molar-refractivity contribution in [2.24, 2.45) is 5.92 Å². The van der Waals surface area contributed by atoms with Crippen LogP contribution in [0.4, 0.5) is 5.69 Å². The maximum atomic E-state index is 13.5. The fourth-order valence-corrected chi connectivity index (χ4v) is 4.54. The Labute approximate surface area is 211 Å². The van der Waals surface area contributed by atoms with E-state index in [0.717, 1.165) is 10.6 Å². The minimum Gasteiger partial charge on any atom is -0.454 e. The number of fused-ring (bicyclic) bond motifs is 1. The lowest BCUT2D eigenvalue weighted by Crippen LogP contribution is -2.51. The molecule has 9 nitrogen and oxygen atoms in total. The molecule has 2 aromatic carbocycles. The maximum absolute atomic E-state index is 13.5. The monoisotopic (exact) mass is 523 g/mol. The first-order valence-corrected chi connectivity index (χ1v) is 13.4. The Bertz CT molecular complexity index is 1190. The van der Waals surface area contributed by atoms with Crippen molar-refractivity contribution in [3.05, 3.63) is 53.1 Å². The molecule has 11 heteroatoms. The molecule has 0 saturated carbocycles. The highest BCUT2D eigenvalue weighted by molar-refractivity contribution is 7.92. The molecule has 0 aromatic heterocycles. The van der Waals surface area contributed by atoms with Crippen LogP contribution in [0.15, 0.2) is 42.5 Å². The van der Waals surface area contributed by atoms with Crippen molar-refractivity contribution in [1.82, 2.24) is 10.2 Å². The van der Waals surface area contributed by atoms with Gasteiger partial charge in [0, 0.05) is 24.2 Å². The van der Waals surface area contributed by atoms with E-state index in [1.165, 1.54) is 11.0 Å². The van der Waals surface area contributed by atoms with Crippen LogP contribution in [0.1, 0.15) is 26.3 Å². The second kappa shape index (κ2) is 11.2. The third-order valence-electron chi connectivity index (χ3n) is 5.47. The molecule has 3 rings (SSSR count). The van der Waals surface area contributed by atoms with Crippen molar-refractivity contribution in [3.8, 4) is 11.5 Å². The molecule has 0 unspecified atom stereocenters. The quantitative estimate of drug-likeness (QED) is 0.513. The number of sulfonamides is 1. The summed E-state index contributed by atoms with van der Waals surface area (Å²) < 4.78 is 37.0. The van der Waals surface area contributed by atoms with Crippen molar-refractivity contribution >= 4 is 39.1 Å². The van der Waals surface area contributed by atoms with Crippen molar-refractivity contribution in [2.75, 3.05) is 30.4 Å². The molecular weight excluding hydrogens is 494 g/mol. The van der Waals surface area contributed by atoms with Gasteiger partial charge in [-0.3, -0.25) is 13.9 Å². The Morgan fingerprint density at radius 1 is 1.09 bits per heavy atom. The molecule has 2 aromatic rings. The van der Waals surface area contributed by atoms with Crippen LogP contribution < -0.4 is 19.1 Å². The summed E-state index contributed by atoms with van der Waals surface area (Å²) in [4.78, 5) is 27.7. The summed E-state index contributed by atoms with van der Waals surface area (Å²) in [6.07, 6.45) is 1.02. The summed E-state index contributed by atoms with van der Waals surface area (Å²) in [5.41, 5.74) is 0.889.